The zero-order chi connectivity index (χ0) is 13.2. The molecule has 96 valence electrons. The Balaban J connectivity index is 2.17. The first kappa shape index (κ1) is 13.2. The summed E-state index contributed by atoms with van der Waals surface area (Å²) in [6, 6.07) is 4.15. The summed E-state index contributed by atoms with van der Waals surface area (Å²) in [7, 11) is -1.26. The average molecular weight is 258 g/mol. The van der Waals surface area contributed by atoms with Crippen LogP contribution in [0.25, 0.3) is 0 Å². The number of hydrogen-bond acceptors (Lipinski definition) is 1. The number of rotatable bonds is 1. The second-order valence-electron chi connectivity index (χ2n) is 6.14. The maximum Gasteiger partial charge on any atom is 0.129 e. The van der Waals surface area contributed by atoms with Crippen molar-refractivity contribution < 1.29 is 4.42 Å². The van der Waals surface area contributed by atoms with Crippen LogP contribution in [-0.4, -0.2) is 8.07 Å². The van der Waals surface area contributed by atoms with Gasteiger partial charge < -0.3 is 4.42 Å². The largest absolute Gasteiger partial charge is 0.466 e. The van der Waals surface area contributed by atoms with Crippen LogP contribution in [0.15, 0.2) is 28.2 Å². The smallest absolute Gasteiger partial charge is 0.129 e. The lowest BCUT2D eigenvalue weighted by molar-refractivity contribution is 0.447. The van der Waals surface area contributed by atoms with Crippen molar-refractivity contribution in [3.63, 3.8) is 0 Å². The van der Waals surface area contributed by atoms with E-state index in [0.717, 1.165) is 17.9 Å². The molecule has 0 saturated heterocycles. The van der Waals surface area contributed by atoms with E-state index in [-0.39, 0.29) is 0 Å². The van der Waals surface area contributed by atoms with Crippen molar-refractivity contribution >= 4 is 8.07 Å². The summed E-state index contributed by atoms with van der Waals surface area (Å²) in [5, 5.41) is 0. The Morgan fingerprint density at radius 2 is 2.06 bits per heavy atom. The van der Waals surface area contributed by atoms with E-state index in [4.69, 9.17) is 4.42 Å². The lowest BCUT2D eigenvalue weighted by Crippen LogP contribution is -2.16. The Morgan fingerprint density at radius 3 is 2.67 bits per heavy atom. The van der Waals surface area contributed by atoms with Gasteiger partial charge in [0.2, 0.25) is 0 Å². The molecule has 1 heterocycles. The number of furan rings is 1. The van der Waals surface area contributed by atoms with E-state index in [0.29, 0.717) is 5.92 Å². The lowest BCUT2D eigenvalue weighted by atomic mass is 9.89. The highest BCUT2D eigenvalue weighted by Gasteiger charge is 2.17. The van der Waals surface area contributed by atoms with Gasteiger partial charge in [-0.15, -0.1) is 5.54 Å². The minimum Gasteiger partial charge on any atom is -0.466 e. The highest BCUT2D eigenvalue weighted by Crippen LogP contribution is 2.31. The number of hydrogen-bond donors (Lipinski definition) is 0. The topological polar surface area (TPSA) is 13.1 Å². The zero-order valence-corrected chi connectivity index (χ0v) is 12.8. The summed E-state index contributed by atoms with van der Waals surface area (Å²) in [6.07, 6.45) is 5.85. The van der Waals surface area contributed by atoms with E-state index < -0.39 is 8.07 Å². The molecule has 1 atom stereocenters. The fraction of sp³-hybridized carbons (Fsp3) is 0.500. The minimum absolute atomic E-state index is 0.429. The van der Waals surface area contributed by atoms with Gasteiger partial charge in [0.05, 0.1) is 0 Å². The van der Waals surface area contributed by atoms with Crippen LogP contribution in [0.5, 0.6) is 0 Å². The van der Waals surface area contributed by atoms with Crippen LogP contribution in [0.1, 0.15) is 36.7 Å². The summed E-state index contributed by atoms with van der Waals surface area (Å²) < 4.78 is 5.73. The standard InChI is InChI=1S/C16H22OSi/c1-13-8-9-16(17-13)15-7-5-6-14(12-15)10-11-18(2,3)4/h8-9,12,15H,5-7H2,1-4H3. The van der Waals surface area contributed by atoms with Gasteiger partial charge in [-0.3, -0.25) is 0 Å². The van der Waals surface area contributed by atoms with E-state index in [9.17, 15) is 0 Å². The first-order chi connectivity index (χ1) is 8.44. The third-order valence-corrected chi connectivity index (χ3v) is 3.96. The molecule has 1 aromatic rings. The molecule has 1 unspecified atom stereocenters. The van der Waals surface area contributed by atoms with Crippen molar-refractivity contribution in [2.24, 2.45) is 0 Å². The van der Waals surface area contributed by atoms with Gasteiger partial charge in [0.15, 0.2) is 0 Å². The molecular weight excluding hydrogens is 236 g/mol. The fourth-order valence-electron chi connectivity index (χ4n) is 2.17. The highest BCUT2D eigenvalue weighted by atomic mass is 28.3. The molecule has 1 aliphatic rings. The van der Waals surface area contributed by atoms with Crippen molar-refractivity contribution in [2.75, 3.05) is 0 Å². The van der Waals surface area contributed by atoms with Gasteiger partial charge in [0.1, 0.15) is 19.6 Å². The van der Waals surface area contributed by atoms with Crippen molar-refractivity contribution in [3.8, 4) is 11.5 Å². The van der Waals surface area contributed by atoms with Crippen LogP contribution in [0.3, 0.4) is 0 Å². The molecule has 0 radical (unpaired) electrons. The first-order valence-corrected chi connectivity index (χ1v) is 10.2. The predicted molar refractivity (Wildman–Crippen MR) is 79.2 cm³/mol. The van der Waals surface area contributed by atoms with Crippen LogP contribution in [0, 0.1) is 18.4 Å². The van der Waals surface area contributed by atoms with Crippen LogP contribution >= 0.6 is 0 Å². The van der Waals surface area contributed by atoms with Gasteiger partial charge in [-0.25, -0.2) is 0 Å². The lowest BCUT2D eigenvalue weighted by Gasteiger charge is -2.17. The van der Waals surface area contributed by atoms with Gasteiger partial charge in [-0.05, 0) is 43.9 Å². The zero-order valence-electron chi connectivity index (χ0n) is 11.8. The molecule has 0 aromatic carbocycles. The molecule has 2 heteroatoms. The summed E-state index contributed by atoms with van der Waals surface area (Å²) in [6.45, 7) is 8.87. The molecule has 1 aromatic heterocycles. The van der Waals surface area contributed by atoms with Gasteiger partial charge >= 0.3 is 0 Å². The maximum absolute atomic E-state index is 5.73. The van der Waals surface area contributed by atoms with E-state index in [1.165, 1.54) is 18.4 Å². The molecule has 0 saturated carbocycles. The Bertz CT molecular complexity index is 505. The van der Waals surface area contributed by atoms with Crippen LogP contribution in [0.4, 0.5) is 0 Å². The molecule has 0 amide bonds. The van der Waals surface area contributed by atoms with Crippen molar-refractivity contribution in [3.05, 3.63) is 35.3 Å². The molecular formula is C16H22OSi. The van der Waals surface area contributed by atoms with Gasteiger partial charge in [0, 0.05) is 5.92 Å². The van der Waals surface area contributed by atoms with Crippen molar-refractivity contribution in [1.82, 2.24) is 0 Å². The minimum atomic E-state index is -1.26. The third kappa shape index (κ3) is 3.65. The Morgan fingerprint density at radius 1 is 1.28 bits per heavy atom. The second-order valence-corrected chi connectivity index (χ2v) is 10.9. The Hall–Kier alpha value is -1.20. The van der Waals surface area contributed by atoms with Crippen LogP contribution < -0.4 is 0 Å². The molecule has 0 N–H and O–H groups in total. The Kier molecular flexibility index (Phi) is 3.82. The molecule has 0 bridgehead atoms. The molecule has 1 nitrogen and oxygen atoms in total. The first-order valence-electron chi connectivity index (χ1n) is 6.74. The van der Waals surface area contributed by atoms with E-state index in [2.05, 4.69) is 43.2 Å². The SMILES string of the molecule is Cc1ccc(C2C=C(C#C[Si](C)(C)C)CCC2)o1. The molecule has 1 aliphatic carbocycles. The summed E-state index contributed by atoms with van der Waals surface area (Å²) >= 11 is 0. The number of allylic oxidation sites excluding steroid dienone is 2. The molecule has 2 rings (SSSR count). The van der Waals surface area contributed by atoms with Gasteiger partial charge in [-0.1, -0.05) is 31.6 Å². The fourth-order valence-corrected chi connectivity index (χ4v) is 2.71. The third-order valence-electron chi connectivity index (χ3n) is 3.09. The van der Waals surface area contributed by atoms with E-state index in [1.807, 2.05) is 13.0 Å². The predicted octanol–water partition coefficient (Wildman–Crippen LogP) is 4.66. The quantitative estimate of drug-likeness (QED) is 0.527. The Labute approximate surface area is 111 Å². The number of aryl methyl sites for hydroxylation is 1. The molecule has 18 heavy (non-hydrogen) atoms. The molecule has 0 aliphatic heterocycles. The van der Waals surface area contributed by atoms with Crippen LogP contribution in [0.2, 0.25) is 19.6 Å². The van der Waals surface area contributed by atoms with Crippen molar-refractivity contribution in [1.29, 1.82) is 0 Å². The summed E-state index contributed by atoms with van der Waals surface area (Å²) in [5.74, 6) is 5.92. The highest BCUT2D eigenvalue weighted by molar-refractivity contribution is 6.83. The normalized spacial score (nSPS) is 20.0. The monoisotopic (exact) mass is 258 g/mol. The van der Waals surface area contributed by atoms with E-state index in [1.54, 1.807) is 0 Å². The van der Waals surface area contributed by atoms with Crippen molar-refractivity contribution in [2.45, 2.75) is 51.7 Å². The molecule has 0 fully saturated rings. The van der Waals surface area contributed by atoms with E-state index >= 15 is 0 Å². The van der Waals surface area contributed by atoms with Gasteiger partial charge in [0.25, 0.3) is 0 Å². The second kappa shape index (κ2) is 5.20. The maximum atomic E-state index is 5.73. The summed E-state index contributed by atoms with van der Waals surface area (Å²) in [5.41, 5.74) is 4.77. The van der Waals surface area contributed by atoms with Gasteiger partial charge in [-0.2, -0.15) is 0 Å². The molecule has 0 spiro atoms. The average Bonchev–Trinajstić information content (AvgIpc) is 2.73. The summed E-state index contributed by atoms with van der Waals surface area (Å²) in [4.78, 5) is 0. The van der Waals surface area contributed by atoms with Crippen LogP contribution in [-0.2, 0) is 0 Å².